The molecular weight excluding hydrogens is 306 g/mol. The number of thiophene rings is 1. The average Bonchev–Trinajstić information content (AvgIpc) is 2.69. The third kappa shape index (κ3) is 2.53. The molecule has 0 radical (unpaired) electrons. The first-order chi connectivity index (χ1) is 8.54. The zero-order valence-electron chi connectivity index (χ0n) is 11.2. The van der Waals surface area contributed by atoms with E-state index in [9.17, 15) is 0 Å². The molecule has 1 nitrogen and oxygen atoms in total. The smallest absolute Gasteiger partial charge is 0.0685 e. The lowest BCUT2D eigenvalue weighted by molar-refractivity contribution is 0.692. The molecule has 18 heavy (non-hydrogen) atoms. The summed E-state index contributed by atoms with van der Waals surface area (Å²) in [4.78, 5) is 1.34. The molecule has 1 heterocycles. The highest BCUT2D eigenvalue weighted by Gasteiger charge is 2.20. The summed E-state index contributed by atoms with van der Waals surface area (Å²) < 4.78 is 1.19. The second-order valence-electron chi connectivity index (χ2n) is 4.67. The van der Waals surface area contributed by atoms with Gasteiger partial charge in [0.15, 0.2) is 0 Å². The van der Waals surface area contributed by atoms with Gasteiger partial charge in [0, 0.05) is 9.35 Å². The highest BCUT2D eigenvalue weighted by Crippen LogP contribution is 2.35. The summed E-state index contributed by atoms with van der Waals surface area (Å²) >= 11 is 5.43. The van der Waals surface area contributed by atoms with Gasteiger partial charge in [-0.25, -0.2) is 0 Å². The van der Waals surface area contributed by atoms with Crippen molar-refractivity contribution in [3.05, 3.63) is 55.2 Å². The topological polar surface area (TPSA) is 12.0 Å². The molecular formula is C15H18BrNS. The van der Waals surface area contributed by atoms with E-state index in [-0.39, 0.29) is 6.04 Å². The van der Waals surface area contributed by atoms with Crippen molar-refractivity contribution in [3.63, 3.8) is 0 Å². The van der Waals surface area contributed by atoms with E-state index in [1.807, 2.05) is 7.05 Å². The molecule has 0 amide bonds. The van der Waals surface area contributed by atoms with Crippen LogP contribution in [0.15, 0.2) is 28.1 Å². The number of aryl methyl sites for hydroxylation is 3. The van der Waals surface area contributed by atoms with Crippen molar-refractivity contribution in [2.24, 2.45) is 0 Å². The molecule has 0 aliphatic rings. The van der Waals surface area contributed by atoms with Crippen molar-refractivity contribution in [1.29, 1.82) is 0 Å². The summed E-state index contributed by atoms with van der Waals surface area (Å²) in [5.74, 6) is 0. The minimum atomic E-state index is 0.264. The molecule has 0 bridgehead atoms. The first-order valence-electron chi connectivity index (χ1n) is 6.02. The fourth-order valence-electron chi connectivity index (χ4n) is 2.56. The van der Waals surface area contributed by atoms with Gasteiger partial charge < -0.3 is 5.32 Å². The zero-order chi connectivity index (χ0) is 13.3. The quantitative estimate of drug-likeness (QED) is 0.859. The molecule has 0 fully saturated rings. The van der Waals surface area contributed by atoms with Crippen molar-refractivity contribution in [3.8, 4) is 0 Å². The van der Waals surface area contributed by atoms with E-state index >= 15 is 0 Å². The molecule has 1 aromatic carbocycles. The lowest BCUT2D eigenvalue weighted by Gasteiger charge is -2.21. The zero-order valence-corrected chi connectivity index (χ0v) is 13.6. The van der Waals surface area contributed by atoms with Crippen LogP contribution in [-0.2, 0) is 0 Å². The summed E-state index contributed by atoms with van der Waals surface area (Å²) in [6.07, 6.45) is 0. The molecule has 0 saturated carbocycles. The van der Waals surface area contributed by atoms with Crippen molar-refractivity contribution in [2.45, 2.75) is 26.8 Å². The van der Waals surface area contributed by atoms with Gasteiger partial charge in [-0.1, -0.05) is 17.7 Å². The van der Waals surface area contributed by atoms with Crippen LogP contribution in [0.25, 0.3) is 0 Å². The van der Waals surface area contributed by atoms with E-state index < -0.39 is 0 Å². The third-order valence-electron chi connectivity index (χ3n) is 3.22. The summed E-state index contributed by atoms with van der Waals surface area (Å²) in [6, 6.07) is 6.89. The van der Waals surface area contributed by atoms with Crippen molar-refractivity contribution in [1.82, 2.24) is 5.32 Å². The van der Waals surface area contributed by atoms with Gasteiger partial charge in [0.1, 0.15) is 0 Å². The van der Waals surface area contributed by atoms with Gasteiger partial charge in [0.25, 0.3) is 0 Å². The van der Waals surface area contributed by atoms with E-state index in [1.54, 1.807) is 11.3 Å². The highest BCUT2D eigenvalue weighted by molar-refractivity contribution is 9.10. The third-order valence-corrected chi connectivity index (χ3v) is 5.16. The largest absolute Gasteiger partial charge is 0.309 e. The van der Waals surface area contributed by atoms with E-state index in [4.69, 9.17) is 0 Å². The van der Waals surface area contributed by atoms with E-state index in [1.165, 1.54) is 31.6 Å². The summed E-state index contributed by atoms with van der Waals surface area (Å²) in [5.41, 5.74) is 5.43. The van der Waals surface area contributed by atoms with Crippen LogP contribution in [0.5, 0.6) is 0 Å². The number of benzene rings is 1. The predicted molar refractivity (Wildman–Crippen MR) is 83.6 cm³/mol. The minimum Gasteiger partial charge on any atom is -0.309 e. The molecule has 0 spiro atoms. The molecule has 96 valence electrons. The molecule has 1 aromatic heterocycles. The number of nitrogens with one attached hydrogen (secondary N) is 1. The van der Waals surface area contributed by atoms with Gasteiger partial charge in [0.05, 0.1) is 6.04 Å². The Hall–Kier alpha value is -0.640. The monoisotopic (exact) mass is 323 g/mol. The second kappa shape index (κ2) is 5.55. The Morgan fingerprint density at radius 1 is 1.17 bits per heavy atom. The fourth-order valence-corrected chi connectivity index (χ4v) is 4.28. The Labute approximate surface area is 121 Å². The second-order valence-corrected chi connectivity index (χ2v) is 6.47. The van der Waals surface area contributed by atoms with Gasteiger partial charge >= 0.3 is 0 Å². The summed E-state index contributed by atoms with van der Waals surface area (Å²) in [6.45, 7) is 6.54. The van der Waals surface area contributed by atoms with Gasteiger partial charge in [-0.2, -0.15) is 0 Å². The maximum atomic E-state index is 3.64. The fraction of sp³-hybridized carbons (Fsp3) is 0.333. The number of halogens is 1. The molecule has 1 atom stereocenters. The molecule has 0 saturated heterocycles. The molecule has 1 N–H and O–H groups in total. The normalized spacial score (nSPS) is 12.7. The maximum Gasteiger partial charge on any atom is 0.0685 e. The lowest BCUT2D eigenvalue weighted by Crippen LogP contribution is -2.19. The first-order valence-corrected chi connectivity index (χ1v) is 7.69. The molecule has 2 rings (SSSR count). The first kappa shape index (κ1) is 13.8. The number of rotatable bonds is 3. The van der Waals surface area contributed by atoms with Crippen LogP contribution < -0.4 is 5.32 Å². The van der Waals surface area contributed by atoms with Gasteiger partial charge in [-0.3, -0.25) is 0 Å². The van der Waals surface area contributed by atoms with Crippen molar-refractivity contribution < 1.29 is 0 Å². The van der Waals surface area contributed by atoms with Crippen LogP contribution in [0, 0.1) is 20.8 Å². The summed E-state index contributed by atoms with van der Waals surface area (Å²) in [5, 5.41) is 5.57. The molecule has 0 aliphatic heterocycles. The van der Waals surface area contributed by atoms with E-state index in [0.29, 0.717) is 0 Å². The minimum absolute atomic E-state index is 0.264. The van der Waals surface area contributed by atoms with Crippen LogP contribution in [0.1, 0.15) is 33.2 Å². The Morgan fingerprint density at radius 2 is 1.78 bits per heavy atom. The Kier molecular flexibility index (Phi) is 4.25. The maximum absolute atomic E-state index is 3.64. The van der Waals surface area contributed by atoms with Gasteiger partial charge in [-0.05, 0) is 71.9 Å². The number of hydrogen-bond acceptors (Lipinski definition) is 2. The SMILES string of the molecule is CNC(c1sccc1Br)c1c(C)cc(C)cc1C. The van der Waals surface area contributed by atoms with Crippen LogP contribution in [0.3, 0.4) is 0 Å². The Morgan fingerprint density at radius 3 is 2.22 bits per heavy atom. The molecule has 3 heteroatoms. The van der Waals surface area contributed by atoms with Gasteiger partial charge in [-0.15, -0.1) is 11.3 Å². The predicted octanol–water partition coefficient (Wildman–Crippen LogP) is 4.74. The van der Waals surface area contributed by atoms with Crippen LogP contribution in [-0.4, -0.2) is 7.05 Å². The van der Waals surface area contributed by atoms with Crippen LogP contribution >= 0.6 is 27.3 Å². The lowest BCUT2D eigenvalue weighted by atomic mass is 9.93. The molecule has 1 unspecified atom stereocenters. The highest BCUT2D eigenvalue weighted by atomic mass is 79.9. The Balaban J connectivity index is 2.56. The summed E-state index contributed by atoms with van der Waals surface area (Å²) in [7, 11) is 2.02. The van der Waals surface area contributed by atoms with Crippen LogP contribution in [0.4, 0.5) is 0 Å². The van der Waals surface area contributed by atoms with Gasteiger partial charge in [0.2, 0.25) is 0 Å². The number of hydrogen-bond donors (Lipinski definition) is 1. The molecule has 0 aliphatic carbocycles. The Bertz CT molecular complexity index is 536. The standard InChI is InChI=1S/C15H18BrNS/c1-9-7-10(2)13(11(3)8-9)14(17-4)15-12(16)5-6-18-15/h5-8,14,17H,1-4H3. The van der Waals surface area contributed by atoms with E-state index in [0.717, 1.165) is 0 Å². The molecule has 2 aromatic rings. The average molecular weight is 324 g/mol. The van der Waals surface area contributed by atoms with Crippen molar-refractivity contribution in [2.75, 3.05) is 7.05 Å². The van der Waals surface area contributed by atoms with E-state index in [2.05, 4.69) is 65.6 Å². The van der Waals surface area contributed by atoms with Crippen LogP contribution in [0.2, 0.25) is 0 Å². The van der Waals surface area contributed by atoms with Crippen molar-refractivity contribution >= 4 is 27.3 Å².